The molecule has 0 amide bonds. The Morgan fingerprint density at radius 3 is 2.35 bits per heavy atom. The van der Waals surface area contributed by atoms with E-state index in [2.05, 4.69) is 35.1 Å². The second-order valence-electron chi connectivity index (χ2n) is 6.10. The lowest BCUT2D eigenvalue weighted by Gasteiger charge is -2.21. The highest BCUT2D eigenvalue weighted by molar-refractivity contribution is 9.10. The third-order valence-corrected chi connectivity index (χ3v) is 5.37. The maximum Gasteiger partial charge on any atom is 0.0721 e. The van der Waals surface area contributed by atoms with Gasteiger partial charge in [-0.3, -0.25) is 0 Å². The van der Waals surface area contributed by atoms with Crippen LogP contribution in [0.15, 0.2) is 16.6 Å². The molecular formula is C16H22BrCl2N. The third kappa shape index (κ3) is 4.29. The van der Waals surface area contributed by atoms with Gasteiger partial charge in [-0.1, -0.05) is 65.8 Å². The van der Waals surface area contributed by atoms with Crippen LogP contribution in [-0.4, -0.2) is 6.04 Å². The standard InChI is InChI=1S/C16H22BrCl2N/c1-10(2)11-4-3-5-13(7-6-11)20-16-14(18)8-12(17)9-15(16)19/h8-11,13,20H,3-7H2,1-2H3. The molecule has 0 aromatic heterocycles. The first kappa shape index (κ1) is 16.5. The van der Waals surface area contributed by atoms with Crippen LogP contribution in [0, 0.1) is 11.8 Å². The van der Waals surface area contributed by atoms with Crippen LogP contribution in [0.3, 0.4) is 0 Å². The smallest absolute Gasteiger partial charge is 0.0721 e. The summed E-state index contributed by atoms with van der Waals surface area (Å²) in [6.45, 7) is 4.67. The van der Waals surface area contributed by atoms with E-state index in [1.54, 1.807) is 0 Å². The predicted molar refractivity (Wildman–Crippen MR) is 93.0 cm³/mol. The summed E-state index contributed by atoms with van der Waals surface area (Å²) in [7, 11) is 0. The lowest BCUT2D eigenvalue weighted by molar-refractivity contribution is 0.341. The summed E-state index contributed by atoms with van der Waals surface area (Å²) in [5.74, 6) is 1.64. The molecule has 4 heteroatoms. The Morgan fingerprint density at radius 2 is 1.75 bits per heavy atom. The number of hydrogen-bond donors (Lipinski definition) is 1. The molecule has 0 saturated heterocycles. The van der Waals surface area contributed by atoms with Gasteiger partial charge in [0.05, 0.1) is 15.7 Å². The molecule has 20 heavy (non-hydrogen) atoms. The van der Waals surface area contributed by atoms with E-state index >= 15 is 0 Å². The first-order chi connectivity index (χ1) is 9.47. The molecule has 1 saturated carbocycles. The van der Waals surface area contributed by atoms with E-state index in [0.29, 0.717) is 16.1 Å². The van der Waals surface area contributed by atoms with Crippen molar-refractivity contribution >= 4 is 44.8 Å². The fourth-order valence-corrected chi connectivity index (χ4v) is 4.34. The van der Waals surface area contributed by atoms with Crippen LogP contribution in [0.4, 0.5) is 5.69 Å². The Labute approximate surface area is 140 Å². The van der Waals surface area contributed by atoms with Gasteiger partial charge in [0.2, 0.25) is 0 Å². The molecule has 0 spiro atoms. The number of anilines is 1. The second-order valence-corrected chi connectivity index (χ2v) is 7.83. The maximum atomic E-state index is 6.30. The molecule has 1 aliphatic carbocycles. The van der Waals surface area contributed by atoms with Crippen LogP contribution >= 0.6 is 39.1 Å². The molecule has 0 bridgehead atoms. The van der Waals surface area contributed by atoms with Crippen molar-refractivity contribution < 1.29 is 0 Å². The quantitative estimate of drug-likeness (QED) is 0.572. The van der Waals surface area contributed by atoms with E-state index in [-0.39, 0.29) is 0 Å². The Kier molecular flexibility index (Phi) is 6.07. The monoisotopic (exact) mass is 377 g/mol. The molecule has 1 nitrogen and oxygen atoms in total. The highest BCUT2D eigenvalue weighted by Gasteiger charge is 2.22. The molecule has 2 unspecified atom stereocenters. The van der Waals surface area contributed by atoms with Crippen LogP contribution in [0.25, 0.3) is 0 Å². The van der Waals surface area contributed by atoms with Crippen molar-refractivity contribution in [3.63, 3.8) is 0 Å². The molecule has 0 aliphatic heterocycles. The van der Waals surface area contributed by atoms with E-state index < -0.39 is 0 Å². The number of halogens is 3. The van der Waals surface area contributed by atoms with Crippen molar-refractivity contribution in [3.05, 3.63) is 26.7 Å². The Hall–Kier alpha value is 0.0800. The van der Waals surface area contributed by atoms with Gasteiger partial charge in [0, 0.05) is 10.5 Å². The van der Waals surface area contributed by atoms with Crippen LogP contribution in [-0.2, 0) is 0 Å². The molecule has 2 rings (SSSR count). The average Bonchev–Trinajstić information content (AvgIpc) is 2.59. The Bertz CT molecular complexity index is 439. The van der Waals surface area contributed by atoms with Crippen molar-refractivity contribution in [1.29, 1.82) is 0 Å². The van der Waals surface area contributed by atoms with Crippen LogP contribution in [0.1, 0.15) is 46.0 Å². The average molecular weight is 379 g/mol. The topological polar surface area (TPSA) is 12.0 Å². The summed E-state index contributed by atoms with van der Waals surface area (Å²) in [5.41, 5.74) is 0.879. The van der Waals surface area contributed by atoms with Gasteiger partial charge in [0.1, 0.15) is 0 Å². The lowest BCUT2D eigenvalue weighted by atomic mass is 9.89. The zero-order valence-corrected chi connectivity index (χ0v) is 15.2. The maximum absolute atomic E-state index is 6.30. The molecule has 1 aromatic carbocycles. The summed E-state index contributed by atoms with van der Waals surface area (Å²) in [4.78, 5) is 0. The highest BCUT2D eigenvalue weighted by atomic mass is 79.9. The van der Waals surface area contributed by atoms with E-state index in [1.165, 1.54) is 32.1 Å². The highest BCUT2D eigenvalue weighted by Crippen LogP contribution is 2.36. The summed E-state index contributed by atoms with van der Waals surface area (Å²) in [6, 6.07) is 4.27. The first-order valence-corrected chi connectivity index (χ1v) is 8.93. The minimum absolute atomic E-state index is 0.481. The third-order valence-electron chi connectivity index (χ3n) is 4.31. The fourth-order valence-electron chi connectivity index (χ4n) is 3.03. The fraction of sp³-hybridized carbons (Fsp3) is 0.625. The zero-order chi connectivity index (χ0) is 14.7. The van der Waals surface area contributed by atoms with Gasteiger partial charge < -0.3 is 5.32 Å². The van der Waals surface area contributed by atoms with Gasteiger partial charge in [0.15, 0.2) is 0 Å². The molecule has 1 fully saturated rings. The minimum atomic E-state index is 0.481. The van der Waals surface area contributed by atoms with Crippen LogP contribution in [0.2, 0.25) is 10.0 Å². The summed E-state index contributed by atoms with van der Waals surface area (Å²) in [5, 5.41) is 4.94. The van der Waals surface area contributed by atoms with Gasteiger partial charge in [-0.2, -0.15) is 0 Å². The number of hydrogen-bond acceptors (Lipinski definition) is 1. The number of nitrogens with one attached hydrogen (secondary N) is 1. The van der Waals surface area contributed by atoms with Crippen molar-refractivity contribution in [3.8, 4) is 0 Å². The van der Waals surface area contributed by atoms with Crippen molar-refractivity contribution in [2.75, 3.05) is 5.32 Å². The Balaban J connectivity index is 2.04. The molecule has 0 radical (unpaired) electrons. The second kappa shape index (κ2) is 7.38. The molecule has 0 heterocycles. The summed E-state index contributed by atoms with van der Waals surface area (Å²) in [6.07, 6.45) is 6.32. The minimum Gasteiger partial charge on any atom is -0.380 e. The van der Waals surface area contributed by atoms with E-state index in [1.807, 2.05) is 12.1 Å². The SMILES string of the molecule is CC(C)C1CCCC(Nc2c(Cl)cc(Br)cc2Cl)CC1. The van der Waals surface area contributed by atoms with Gasteiger partial charge in [0.25, 0.3) is 0 Å². The van der Waals surface area contributed by atoms with Crippen molar-refractivity contribution in [2.45, 2.75) is 52.0 Å². The van der Waals surface area contributed by atoms with Crippen molar-refractivity contribution in [2.24, 2.45) is 11.8 Å². The van der Waals surface area contributed by atoms with Gasteiger partial charge >= 0.3 is 0 Å². The number of benzene rings is 1. The molecule has 1 aromatic rings. The van der Waals surface area contributed by atoms with Gasteiger partial charge in [-0.25, -0.2) is 0 Å². The van der Waals surface area contributed by atoms with Gasteiger partial charge in [-0.15, -0.1) is 0 Å². The zero-order valence-electron chi connectivity index (χ0n) is 12.1. The van der Waals surface area contributed by atoms with Crippen LogP contribution in [0.5, 0.6) is 0 Å². The Morgan fingerprint density at radius 1 is 1.10 bits per heavy atom. The van der Waals surface area contributed by atoms with Crippen LogP contribution < -0.4 is 5.32 Å². The van der Waals surface area contributed by atoms with Gasteiger partial charge in [-0.05, 0) is 43.2 Å². The number of rotatable bonds is 3. The van der Waals surface area contributed by atoms with Crippen molar-refractivity contribution in [1.82, 2.24) is 0 Å². The van der Waals surface area contributed by atoms with E-state index in [9.17, 15) is 0 Å². The molecular weight excluding hydrogens is 357 g/mol. The normalized spacial score (nSPS) is 23.7. The molecule has 112 valence electrons. The molecule has 1 N–H and O–H groups in total. The predicted octanol–water partition coefficient (Wildman–Crippen LogP) is 6.77. The largest absolute Gasteiger partial charge is 0.380 e. The summed E-state index contributed by atoms with van der Waals surface area (Å²) >= 11 is 16.0. The summed E-state index contributed by atoms with van der Waals surface area (Å²) < 4.78 is 0.916. The van der Waals surface area contributed by atoms with E-state index in [0.717, 1.165) is 22.0 Å². The molecule has 1 aliphatic rings. The first-order valence-electron chi connectivity index (χ1n) is 7.38. The molecule has 2 atom stereocenters. The lowest BCUT2D eigenvalue weighted by Crippen LogP contribution is -2.19. The van der Waals surface area contributed by atoms with E-state index in [4.69, 9.17) is 23.2 Å².